The fourth-order valence-electron chi connectivity index (χ4n) is 2.13. The molecule has 3 heteroatoms. The Bertz CT molecular complexity index is 374. The molecule has 0 aromatic heterocycles. The van der Waals surface area contributed by atoms with E-state index in [2.05, 4.69) is 0 Å². The zero-order chi connectivity index (χ0) is 11.1. The van der Waals surface area contributed by atoms with Crippen molar-refractivity contribution in [2.24, 2.45) is 5.41 Å². The van der Waals surface area contributed by atoms with Crippen LogP contribution in [0.1, 0.15) is 26.7 Å². The molecular weight excluding hydrogens is 192 g/mol. The highest BCUT2D eigenvalue weighted by atomic mass is 16.6. The third kappa shape index (κ3) is 1.42. The van der Waals surface area contributed by atoms with Gasteiger partial charge in [-0.2, -0.15) is 0 Å². The van der Waals surface area contributed by atoms with Crippen LogP contribution in [-0.4, -0.2) is 18.4 Å². The average Bonchev–Trinajstić information content (AvgIpc) is 2.48. The molecule has 80 valence electrons. The number of esters is 1. The Balaban J connectivity index is 2.24. The van der Waals surface area contributed by atoms with E-state index >= 15 is 0 Å². The summed E-state index contributed by atoms with van der Waals surface area (Å²) in [6.45, 7) is 3.99. The van der Waals surface area contributed by atoms with Crippen molar-refractivity contribution in [2.75, 3.05) is 0 Å². The number of rotatable bonds is 3. The van der Waals surface area contributed by atoms with Crippen LogP contribution in [0.25, 0.3) is 0 Å². The molecule has 0 spiro atoms. The van der Waals surface area contributed by atoms with Crippen LogP contribution < -0.4 is 0 Å². The lowest BCUT2D eigenvalue weighted by molar-refractivity contribution is -0.194. The van der Waals surface area contributed by atoms with E-state index in [9.17, 15) is 9.59 Å². The molecule has 1 saturated heterocycles. The molecule has 1 aliphatic carbocycles. The summed E-state index contributed by atoms with van der Waals surface area (Å²) in [5, 5.41) is 0. The normalized spacial score (nSPS) is 32.3. The van der Waals surface area contributed by atoms with Gasteiger partial charge in [0.2, 0.25) is 0 Å². The molecule has 0 aromatic rings. The summed E-state index contributed by atoms with van der Waals surface area (Å²) in [6.07, 6.45) is 5.75. The lowest BCUT2D eigenvalue weighted by Gasteiger charge is -2.41. The summed E-state index contributed by atoms with van der Waals surface area (Å²) in [6, 6.07) is 0. The third-order valence-corrected chi connectivity index (χ3v) is 3.07. The smallest absolute Gasteiger partial charge is 0.320 e. The van der Waals surface area contributed by atoms with Crippen molar-refractivity contribution in [1.82, 2.24) is 0 Å². The van der Waals surface area contributed by atoms with Crippen molar-refractivity contribution < 1.29 is 14.3 Å². The minimum absolute atomic E-state index is 0.110. The number of hydrogen-bond acceptors (Lipinski definition) is 3. The molecule has 0 saturated carbocycles. The van der Waals surface area contributed by atoms with Crippen LogP contribution in [0.5, 0.6) is 0 Å². The van der Waals surface area contributed by atoms with Crippen molar-refractivity contribution in [3.05, 3.63) is 23.3 Å². The highest BCUT2D eigenvalue weighted by Gasteiger charge is 2.59. The van der Waals surface area contributed by atoms with Crippen LogP contribution in [0.2, 0.25) is 0 Å². The molecule has 3 nitrogen and oxygen atoms in total. The maximum atomic E-state index is 11.5. The van der Waals surface area contributed by atoms with Gasteiger partial charge in [-0.05, 0) is 25.8 Å². The van der Waals surface area contributed by atoms with Gasteiger partial charge < -0.3 is 4.74 Å². The van der Waals surface area contributed by atoms with Crippen LogP contribution in [-0.2, 0) is 14.3 Å². The highest BCUT2D eigenvalue weighted by molar-refractivity contribution is 5.90. The molecule has 2 atom stereocenters. The van der Waals surface area contributed by atoms with E-state index in [0.717, 1.165) is 6.29 Å². The molecule has 0 unspecified atom stereocenters. The van der Waals surface area contributed by atoms with E-state index in [1.165, 1.54) is 5.57 Å². The first-order chi connectivity index (χ1) is 7.08. The maximum Gasteiger partial charge on any atom is 0.320 e. The Morgan fingerprint density at radius 2 is 2.40 bits per heavy atom. The number of hydrogen-bond donors (Lipinski definition) is 0. The molecule has 2 rings (SSSR count). The standard InChI is InChI=1S/C12H14O3/c1-8(2)3-4-12-6-9(7-13)5-10(12)15-11(12)14/h3,6-7,10H,4-5H2,1-2H3/t10-,12+/m1/s1. The fraction of sp³-hybridized carbons (Fsp3) is 0.500. The fourth-order valence-corrected chi connectivity index (χ4v) is 2.13. The molecule has 0 aromatic carbocycles. The van der Waals surface area contributed by atoms with E-state index in [4.69, 9.17) is 4.74 Å². The Hall–Kier alpha value is -1.38. The van der Waals surface area contributed by atoms with Crippen molar-refractivity contribution in [2.45, 2.75) is 32.8 Å². The van der Waals surface area contributed by atoms with Crippen LogP contribution in [0, 0.1) is 5.41 Å². The predicted molar refractivity (Wildman–Crippen MR) is 55.1 cm³/mol. The quantitative estimate of drug-likeness (QED) is 0.401. The summed E-state index contributed by atoms with van der Waals surface area (Å²) in [4.78, 5) is 22.2. The van der Waals surface area contributed by atoms with Crippen LogP contribution in [0.3, 0.4) is 0 Å². The summed E-state index contributed by atoms with van der Waals surface area (Å²) in [5.74, 6) is -0.193. The number of fused-ring (bicyclic) bond motifs is 1. The van der Waals surface area contributed by atoms with E-state index in [1.807, 2.05) is 19.9 Å². The predicted octanol–water partition coefficient (Wildman–Crippen LogP) is 1.78. The van der Waals surface area contributed by atoms with Crippen molar-refractivity contribution >= 4 is 12.3 Å². The molecule has 0 N–H and O–H groups in total. The molecule has 1 heterocycles. The van der Waals surface area contributed by atoms with Crippen LogP contribution >= 0.6 is 0 Å². The summed E-state index contributed by atoms with van der Waals surface area (Å²) in [7, 11) is 0. The number of aldehydes is 1. The Kier molecular flexibility index (Phi) is 2.25. The van der Waals surface area contributed by atoms with Gasteiger partial charge in [0.05, 0.1) is 0 Å². The summed E-state index contributed by atoms with van der Waals surface area (Å²) >= 11 is 0. The van der Waals surface area contributed by atoms with Gasteiger partial charge >= 0.3 is 5.97 Å². The van der Waals surface area contributed by atoms with E-state index in [1.54, 1.807) is 6.08 Å². The van der Waals surface area contributed by atoms with Gasteiger partial charge in [-0.15, -0.1) is 0 Å². The number of allylic oxidation sites excluding steroid dienone is 2. The van der Waals surface area contributed by atoms with E-state index in [-0.39, 0.29) is 12.1 Å². The van der Waals surface area contributed by atoms with Gasteiger partial charge in [0.1, 0.15) is 17.8 Å². The summed E-state index contributed by atoms with van der Waals surface area (Å²) in [5.41, 5.74) is 1.33. The van der Waals surface area contributed by atoms with Crippen molar-refractivity contribution in [3.63, 3.8) is 0 Å². The molecule has 15 heavy (non-hydrogen) atoms. The second-order valence-corrected chi connectivity index (χ2v) is 4.46. The second kappa shape index (κ2) is 3.33. The van der Waals surface area contributed by atoms with E-state index < -0.39 is 5.41 Å². The van der Waals surface area contributed by atoms with Crippen molar-refractivity contribution in [1.29, 1.82) is 0 Å². The van der Waals surface area contributed by atoms with Gasteiger partial charge in [-0.25, -0.2) is 0 Å². The molecule has 0 bridgehead atoms. The Morgan fingerprint density at radius 3 is 2.93 bits per heavy atom. The van der Waals surface area contributed by atoms with Gasteiger partial charge in [-0.3, -0.25) is 9.59 Å². The van der Waals surface area contributed by atoms with Gasteiger partial charge in [0.15, 0.2) is 0 Å². The topological polar surface area (TPSA) is 43.4 Å². The minimum atomic E-state index is -0.534. The lowest BCUT2D eigenvalue weighted by atomic mass is 9.77. The Morgan fingerprint density at radius 1 is 1.67 bits per heavy atom. The number of carbonyl (C=O) groups excluding carboxylic acids is 2. The molecular formula is C12H14O3. The molecule has 1 aliphatic heterocycles. The monoisotopic (exact) mass is 206 g/mol. The zero-order valence-electron chi connectivity index (χ0n) is 8.95. The minimum Gasteiger partial charge on any atom is -0.460 e. The summed E-state index contributed by atoms with van der Waals surface area (Å²) < 4.78 is 5.05. The van der Waals surface area contributed by atoms with Crippen LogP contribution in [0.4, 0.5) is 0 Å². The lowest BCUT2D eigenvalue weighted by Crippen LogP contribution is -2.52. The molecule has 2 aliphatic rings. The van der Waals surface area contributed by atoms with Gasteiger partial charge in [0.25, 0.3) is 0 Å². The largest absolute Gasteiger partial charge is 0.460 e. The zero-order valence-corrected chi connectivity index (χ0v) is 8.95. The van der Waals surface area contributed by atoms with Gasteiger partial charge in [-0.1, -0.05) is 17.7 Å². The molecule has 0 radical (unpaired) electrons. The Labute approximate surface area is 88.8 Å². The second-order valence-electron chi connectivity index (χ2n) is 4.46. The van der Waals surface area contributed by atoms with Crippen molar-refractivity contribution in [3.8, 4) is 0 Å². The van der Waals surface area contributed by atoms with E-state index in [0.29, 0.717) is 18.4 Å². The number of carbonyl (C=O) groups is 2. The first-order valence-electron chi connectivity index (χ1n) is 5.10. The van der Waals surface area contributed by atoms with Crippen LogP contribution in [0.15, 0.2) is 23.3 Å². The molecule has 0 amide bonds. The maximum absolute atomic E-state index is 11.5. The highest BCUT2D eigenvalue weighted by Crippen LogP contribution is 2.49. The SMILES string of the molecule is CC(C)=CC[C@]12C=C(C=O)C[C@H]1OC2=O. The number of ether oxygens (including phenoxy) is 1. The van der Waals surface area contributed by atoms with Gasteiger partial charge in [0, 0.05) is 6.42 Å². The molecule has 1 fully saturated rings. The third-order valence-electron chi connectivity index (χ3n) is 3.07. The first kappa shape index (κ1) is 10.1. The average molecular weight is 206 g/mol. The first-order valence-corrected chi connectivity index (χ1v) is 5.10.